The summed E-state index contributed by atoms with van der Waals surface area (Å²) < 4.78 is 0. The zero-order valence-corrected chi connectivity index (χ0v) is 12.7. The molecule has 21 heavy (non-hydrogen) atoms. The number of aromatic nitrogens is 1. The summed E-state index contributed by atoms with van der Waals surface area (Å²) >= 11 is 7.00. The van der Waals surface area contributed by atoms with Crippen molar-refractivity contribution < 1.29 is 9.59 Å². The molecular weight excluding hydrogens is 312 g/mol. The number of hydrogen-bond acceptors (Lipinski definition) is 5. The van der Waals surface area contributed by atoms with Gasteiger partial charge in [0.05, 0.1) is 0 Å². The van der Waals surface area contributed by atoms with Crippen LogP contribution < -0.4 is 16.4 Å². The summed E-state index contributed by atoms with van der Waals surface area (Å²) in [6.45, 7) is 2.54. The second kappa shape index (κ2) is 6.55. The minimum absolute atomic E-state index is 0.0336. The molecule has 0 saturated carbocycles. The van der Waals surface area contributed by atoms with Gasteiger partial charge in [0.2, 0.25) is 0 Å². The van der Waals surface area contributed by atoms with Crippen molar-refractivity contribution in [3.05, 3.63) is 40.5 Å². The van der Waals surface area contributed by atoms with Gasteiger partial charge < -0.3 is 16.4 Å². The lowest BCUT2D eigenvalue weighted by Gasteiger charge is -2.03. The van der Waals surface area contributed by atoms with Gasteiger partial charge in [-0.2, -0.15) is 0 Å². The van der Waals surface area contributed by atoms with Crippen LogP contribution in [0.25, 0.3) is 0 Å². The Labute approximate surface area is 130 Å². The number of rotatable bonds is 5. The zero-order valence-electron chi connectivity index (χ0n) is 11.1. The largest absolute Gasteiger partial charge is 0.364 e. The van der Waals surface area contributed by atoms with Gasteiger partial charge in [-0.25, -0.2) is 4.98 Å². The highest BCUT2D eigenvalue weighted by Crippen LogP contribution is 2.28. The van der Waals surface area contributed by atoms with Crippen molar-refractivity contribution in [2.75, 3.05) is 17.2 Å². The van der Waals surface area contributed by atoms with Gasteiger partial charge in [0.25, 0.3) is 11.8 Å². The molecule has 0 atom stereocenters. The van der Waals surface area contributed by atoms with Crippen molar-refractivity contribution in [1.82, 2.24) is 4.98 Å². The maximum atomic E-state index is 12.1. The number of anilines is 2. The van der Waals surface area contributed by atoms with Gasteiger partial charge in [-0.3, -0.25) is 9.59 Å². The van der Waals surface area contributed by atoms with Crippen LogP contribution >= 0.6 is 22.9 Å². The van der Waals surface area contributed by atoms with E-state index in [0.717, 1.165) is 11.3 Å². The zero-order chi connectivity index (χ0) is 15.4. The number of carbonyl (C=O) groups excluding carboxylic acids is 2. The molecular formula is C13H13ClN4O2S. The Bertz CT molecular complexity index is 687. The molecule has 2 amide bonds. The lowest BCUT2D eigenvalue weighted by Crippen LogP contribution is -2.17. The Morgan fingerprint density at radius 2 is 2.19 bits per heavy atom. The predicted molar refractivity (Wildman–Crippen MR) is 84.2 cm³/mol. The molecule has 0 bridgehead atoms. The van der Waals surface area contributed by atoms with E-state index in [4.69, 9.17) is 17.3 Å². The van der Waals surface area contributed by atoms with Crippen LogP contribution in [0.4, 0.5) is 10.1 Å². The van der Waals surface area contributed by atoms with Crippen LogP contribution in [-0.4, -0.2) is 23.3 Å². The third kappa shape index (κ3) is 3.71. The van der Waals surface area contributed by atoms with E-state index in [1.54, 1.807) is 18.2 Å². The molecule has 0 aliphatic rings. The second-order valence-electron chi connectivity index (χ2n) is 4.06. The number of carbonyl (C=O) groups is 2. The molecule has 1 aromatic heterocycles. The molecule has 0 radical (unpaired) electrons. The molecule has 0 spiro atoms. The van der Waals surface area contributed by atoms with Gasteiger partial charge in [0, 0.05) is 17.1 Å². The first-order valence-corrected chi connectivity index (χ1v) is 7.32. The van der Waals surface area contributed by atoms with Crippen molar-refractivity contribution in [1.29, 1.82) is 0 Å². The van der Waals surface area contributed by atoms with Crippen molar-refractivity contribution in [3.63, 3.8) is 0 Å². The molecule has 2 rings (SSSR count). The van der Waals surface area contributed by atoms with Crippen molar-refractivity contribution >= 4 is 44.9 Å². The maximum absolute atomic E-state index is 12.1. The minimum atomic E-state index is -0.697. The summed E-state index contributed by atoms with van der Waals surface area (Å²) in [7, 11) is 0. The van der Waals surface area contributed by atoms with E-state index in [-0.39, 0.29) is 11.6 Å². The number of hydrogen-bond donors (Lipinski definition) is 3. The molecule has 0 aliphatic carbocycles. The summed E-state index contributed by atoms with van der Waals surface area (Å²) in [5.41, 5.74) is 5.69. The van der Waals surface area contributed by atoms with E-state index in [0.29, 0.717) is 27.3 Å². The van der Waals surface area contributed by atoms with E-state index in [1.165, 1.54) is 6.07 Å². The highest BCUT2D eigenvalue weighted by molar-refractivity contribution is 7.20. The predicted octanol–water partition coefficient (Wildman–Crippen LogP) is 2.58. The number of amides is 2. The van der Waals surface area contributed by atoms with E-state index < -0.39 is 5.91 Å². The van der Waals surface area contributed by atoms with Crippen molar-refractivity contribution in [2.24, 2.45) is 5.73 Å². The van der Waals surface area contributed by atoms with E-state index in [2.05, 4.69) is 15.6 Å². The van der Waals surface area contributed by atoms with E-state index >= 15 is 0 Å². The highest BCUT2D eigenvalue weighted by Gasteiger charge is 2.18. The second-order valence-corrected chi connectivity index (χ2v) is 5.49. The first kappa shape index (κ1) is 15.3. The minimum Gasteiger partial charge on any atom is -0.364 e. The van der Waals surface area contributed by atoms with Crippen LogP contribution in [-0.2, 0) is 0 Å². The average Bonchev–Trinajstić information content (AvgIpc) is 2.82. The van der Waals surface area contributed by atoms with Crippen LogP contribution in [0.1, 0.15) is 27.8 Å². The number of benzene rings is 1. The molecule has 1 heterocycles. The van der Waals surface area contributed by atoms with Crippen molar-refractivity contribution in [2.45, 2.75) is 6.92 Å². The number of nitrogens with two attached hydrogens (primary N) is 1. The van der Waals surface area contributed by atoms with Crippen LogP contribution in [0.5, 0.6) is 0 Å². The fourth-order valence-corrected chi connectivity index (χ4v) is 2.73. The number of thiazole rings is 1. The molecule has 0 fully saturated rings. The lowest BCUT2D eigenvalue weighted by atomic mass is 10.2. The molecule has 1 aromatic carbocycles. The monoisotopic (exact) mass is 324 g/mol. The quantitative estimate of drug-likeness (QED) is 0.787. The Balaban J connectivity index is 2.26. The lowest BCUT2D eigenvalue weighted by molar-refractivity contribution is 0.0997. The molecule has 0 unspecified atom stereocenters. The Kier molecular flexibility index (Phi) is 4.77. The fraction of sp³-hybridized carbons (Fsp3) is 0.154. The fourth-order valence-electron chi connectivity index (χ4n) is 1.60. The molecule has 8 heteroatoms. The standard InChI is InChI=1S/C13H13ClN4O2S/c1-2-16-13-17-9(10(15)19)12(21-13)18-11(20)7-4-3-5-8(14)6-7/h3-6H,2H2,1H3,(H2,15,19)(H,16,17)(H,18,20). The van der Waals surface area contributed by atoms with Gasteiger partial charge in [0.1, 0.15) is 5.00 Å². The van der Waals surface area contributed by atoms with E-state index in [1.807, 2.05) is 6.92 Å². The number of nitrogens with one attached hydrogen (secondary N) is 2. The summed E-state index contributed by atoms with van der Waals surface area (Å²) in [6.07, 6.45) is 0. The Morgan fingerprint density at radius 1 is 1.43 bits per heavy atom. The van der Waals surface area contributed by atoms with Crippen molar-refractivity contribution in [3.8, 4) is 0 Å². The normalized spacial score (nSPS) is 10.2. The van der Waals surface area contributed by atoms with Gasteiger partial charge in [-0.15, -0.1) is 0 Å². The third-order valence-corrected chi connectivity index (χ3v) is 3.67. The maximum Gasteiger partial charge on any atom is 0.270 e. The van der Waals surface area contributed by atoms with Gasteiger partial charge in [0.15, 0.2) is 10.8 Å². The van der Waals surface area contributed by atoms with Crippen LogP contribution in [0.3, 0.4) is 0 Å². The van der Waals surface area contributed by atoms with Gasteiger partial charge >= 0.3 is 0 Å². The van der Waals surface area contributed by atoms with Crippen LogP contribution in [0.15, 0.2) is 24.3 Å². The highest BCUT2D eigenvalue weighted by atomic mass is 35.5. The molecule has 0 aliphatic heterocycles. The summed E-state index contributed by atoms with van der Waals surface area (Å²) in [5.74, 6) is -1.08. The van der Waals surface area contributed by atoms with Crippen LogP contribution in [0.2, 0.25) is 5.02 Å². The molecule has 6 nitrogen and oxygen atoms in total. The number of halogens is 1. The molecule has 4 N–H and O–H groups in total. The molecule has 0 saturated heterocycles. The summed E-state index contributed by atoms with van der Waals surface area (Å²) in [5, 5.41) is 6.89. The number of nitrogens with zero attached hydrogens (tertiary/aromatic N) is 1. The Hall–Kier alpha value is -2.12. The number of primary amides is 1. The summed E-state index contributed by atoms with van der Waals surface area (Å²) in [6, 6.07) is 6.50. The molecule has 110 valence electrons. The first-order valence-electron chi connectivity index (χ1n) is 6.12. The molecule has 2 aromatic rings. The van der Waals surface area contributed by atoms with E-state index in [9.17, 15) is 9.59 Å². The summed E-state index contributed by atoms with van der Waals surface area (Å²) in [4.78, 5) is 27.6. The van der Waals surface area contributed by atoms with Gasteiger partial charge in [-0.05, 0) is 25.1 Å². The smallest absolute Gasteiger partial charge is 0.270 e. The topological polar surface area (TPSA) is 97.1 Å². The third-order valence-electron chi connectivity index (χ3n) is 2.50. The van der Waals surface area contributed by atoms with Gasteiger partial charge in [-0.1, -0.05) is 29.0 Å². The Morgan fingerprint density at radius 3 is 2.81 bits per heavy atom. The SMILES string of the molecule is CCNc1nc(C(N)=O)c(NC(=O)c2cccc(Cl)c2)s1. The first-order chi connectivity index (χ1) is 10.0. The van der Waals surface area contributed by atoms with Crippen LogP contribution in [0, 0.1) is 0 Å². The average molecular weight is 325 g/mol.